The Morgan fingerprint density at radius 1 is 0.931 bits per heavy atom. The minimum absolute atomic E-state index is 0.131. The van der Waals surface area contributed by atoms with Gasteiger partial charge in [-0.05, 0) is 42.5 Å². The molecule has 146 valence electrons. The van der Waals surface area contributed by atoms with E-state index in [1.807, 2.05) is 60.7 Å². The summed E-state index contributed by atoms with van der Waals surface area (Å²) in [5, 5.41) is 3.28. The molecule has 4 rings (SSSR count). The molecule has 6 nitrogen and oxygen atoms in total. The molecule has 0 saturated carbocycles. The molecule has 0 spiro atoms. The number of hydrogen-bond acceptors (Lipinski definition) is 6. The van der Waals surface area contributed by atoms with Crippen LogP contribution in [0.2, 0.25) is 0 Å². The maximum Gasteiger partial charge on any atom is 0.264 e. The highest BCUT2D eigenvalue weighted by Gasteiger charge is 2.10. The average molecular weight is 406 g/mol. The molecule has 1 amide bonds. The Labute approximate surface area is 171 Å². The molecule has 0 atom stereocenters. The number of hydrogen-bond donors (Lipinski definition) is 1. The van der Waals surface area contributed by atoms with Gasteiger partial charge in [0.2, 0.25) is 0 Å². The first-order chi connectivity index (χ1) is 14.2. The standard InChI is InChI=1S/C22H18N2O4S/c1-26-16-10-11-19-20(13-16)29-22(23-19)24-21(25)14-27-17-8-5-9-18(12-17)28-15-6-3-2-4-7-15/h2-13H,14H2,1H3,(H,23,24,25). The summed E-state index contributed by atoms with van der Waals surface area (Å²) in [6, 6.07) is 22.2. The number of rotatable bonds is 7. The quantitative estimate of drug-likeness (QED) is 0.462. The van der Waals surface area contributed by atoms with E-state index in [4.69, 9.17) is 14.2 Å². The summed E-state index contributed by atoms with van der Waals surface area (Å²) in [7, 11) is 1.61. The monoisotopic (exact) mass is 406 g/mol. The van der Waals surface area contributed by atoms with Crippen LogP contribution in [0.25, 0.3) is 10.2 Å². The smallest absolute Gasteiger partial charge is 0.264 e. The number of aromatic nitrogens is 1. The first-order valence-corrected chi connectivity index (χ1v) is 9.71. The zero-order valence-corrected chi connectivity index (χ0v) is 16.4. The minimum atomic E-state index is -0.287. The van der Waals surface area contributed by atoms with Gasteiger partial charge in [-0.3, -0.25) is 10.1 Å². The van der Waals surface area contributed by atoms with Crippen molar-refractivity contribution < 1.29 is 19.0 Å². The van der Waals surface area contributed by atoms with Crippen LogP contribution < -0.4 is 19.5 Å². The number of nitrogens with one attached hydrogen (secondary N) is 1. The molecule has 0 fully saturated rings. The van der Waals surface area contributed by atoms with Gasteiger partial charge in [-0.25, -0.2) is 4.98 Å². The van der Waals surface area contributed by atoms with Gasteiger partial charge >= 0.3 is 0 Å². The van der Waals surface area contributed by atoms with Crippen molar-refractivity contribution in [3.63, 3.8) is 0 Å². The van der Waals surface area contributed by atoms with Crippen molar-refractivity contribution in [3.8, 4) is 23.0 Å². The lowest BCUT2D eigenvalue weighted by molar-refractivity contribution is -0.118. The summed E-state index contributed by atoms with van der Waals surface area (Å²) in [5.41, 5.74) is 0.804. The van der Waals surface area contributed by atoms with Crippen molar-refractivity contribution in [1.29, 1.82) is 0 Å². The van der Waals surface area contributed by atoms with E-state index < -0.39 is 0 Å². The van der Waals surface area contributed by atoms with Crippen LogP contribution in [0.15, 0.2) is 72.8 Å². The summed E-state index contributed by atoms with van der Waals surface area (Å²) in [5.74, 6) is 2.37. The number of carbonyl (C=O) groups excluding carboxylic acids is 1. The third-order valence-corrected chi connectivity index (χ3v) is 4.93. The van der Waals surface area contributed by atoms with Crippen molar-refractivity contribution in [2.75, 3.05) is 19.0 Å². The van der Waals surface area contributed by atoms with Gasteiger partial charge in [-0.15, -0.1) is 0 Å². The Bertz CT molecular complexity index is 1130. The van der Waals surface area contributed by atoms with Crippen molar-refractivity contribution in [2.45, 2.75) is 0 Å². The molecule has 0 unspecified atom stereocenters. The number of benzene rings is 3. The van der Waals surface area contributed by atoms with Gasteiger partial charge < -0.3 is 14.2 Å². The molecule has 7 heteroatoms. The Kier molecular flexibility index (Phi) is 5.58. The van der Waals surface area contributed by atoms with Crippen molar-refractivity contribution in [3.05, 3.63) is 72.8 Å². The number of nitrogens with zero attached hydrogens (tertiary/aromatic N) is 1. The molecule has 0 radical (unpaired) electrons. The van der Waals surface area contributed by atoms with Gasteiger partial charge in [0.1, 0.15) is 23.0 Å². The molecular formula is C22H18N2O4S. The highest BCUT2D eigenvalue weighted by atomic mass is 32.1. The first kappa shape index (κ1) is 18.8. The van der Waals surface area contributed by atoms with Crippen LogP contribution >= 0.6 is 11.3 Å². The molecule has 0 aliphatic heterocycles. The summed E-state index contributed by atoms with van der Waals surface area (Å²) in [4.78, 5) is 16.6. The number of fused-ring (bicyclic) bond motifs is 1. The number of para-hydroxylation sites is 1. The molecular weight excluding hydrogens is 388 g/mol. The lowest BCUT2D eigenvalue weighted by atomic mass is 10.3. The second-order valence-corrected chi connectivity index (χ2v) is 7.11. The number of ether oxygens (including phenoxy) is 3. The van der Waals surface area contributed by atoms with Crippen LogP contribution in [0.1, 0.15) is 0 Å². The number of anilines is 1. The predicted molar refractivity (Wildman–Crippen MR) is 113 cm³/mol. The molecule has 4 aromatic rings. The van der Waals surface area contributed by atoms with Crippen LogP contribution in [0.5, 0.6) is 23.0 Å². The summed E-state index contributed by atoms with van der Waals surface area (Å²) in [6.07, 6.45) is 0. The zero-order valence-electron chi connectivity index (χ0n) is 15.6. The maximum atomic E-state index is 12.2. The van der Waals surface area contributed by atoms with E-state index in [1.54, 1.807) is 19.2 Å². The average Bonchev–Trinajstić information content (AvgIpc) is 3.14. The summed E-state index contributed by atoms with van der Waals surface area (Å²) >= 11 is 1.38. The zero-order chi connectivity index (χ0) is 20.1. The van der Waals surface area contributed by atoms with E-state index in [0.29, 0.717) is 16.6 Å². The molecule has 0 aliphatic rings. The van der Waals surface area contributed by atoms with E-state index in [2.05, 4.69) is 10.3 Å². The van der Waals surface area contributed by atoms with Crippen molar-refractivity contribution >= 4 is 32.6 Å². The van der Waals surface area contributed by atoms with Gasteiger partial charge in [0, 0.05) is 6.07 Å². The fraction of sp³-hybridized carbons (Fsp3) is 0.0909. The lowest BCUT2D eigenvalue weighted by Crippen LogP contribution is -2.19. The largest absolute Gasteiger partial charge is 0.497 e. The minimum Gasteiger partial charge on any atom is -0.497 e. The van der Waals surface area contributed by atoms with Gasteiger partial charge in [-0.1, -0.05) is 35.6 Å². The van der Waals surface area contributed by atoms with Crippen LogP contribution in [0, 0.1) is 0 Å². The highest BCUT2D eigenvalue weighted by Crippen LogP contribution is 2.29. The predicted octanol–water partition coefficient (Wildman–Crippen LogP) is 5.11. The lowest BCUT2D eigenvalue weighted by Gasteiger charge is -2.09. The normalized spacial score (nSPS) is 10.5. The SMILES string of the molecule is COc1ccc2nc(NC(=O)COc3cccc(Oc4ccccc4)c3)sc2c1. The number of methoxy groups -OCH3 is 1. The van der Waals surface area contributed by atoms with Crippen molar-refractivity contribution in [2.24, 2.45) is 0 Å². The van der Waals surface area contributed by atoms with Crippen LogP contribution in [-0.4, -0.2) is 24.6 Å². The Morgan fingerprint density at radius 3 is 2.55 bits per heavy atom. The Morgan fingerprint density at radius 2 is 1.72 bits per heavy atom. The molecule has 3 aromatic carbocycles. The molecule has 0 saturated heterocycles. The van der Waals surface area contributed by atoms with E-state index >= 15 is 0 Å². The van der Waals surface area contributed by atoms with Gasteiger partial charge in [0.05, 0.1) is 17.3 Å². The number of amides is 1. The van der Waals surface area contributed by atoms with E-state index in [0.717, 1.165) is 21.7 Å². The molecule has 1 N–H and O–H groups in total. The first-order valence-electron chi connectivity index (χ1n) is 8.90. The topological polar surface area (TPSA) is 69.7 Å². The molecule has 0 aliphatic carbocycles. The van der Waals surface area contributed by atoms with Crippen LogP contribution in [0.3, 0.4) is 0 Å². The van der Waals surface area contributed by atoms with E-state index in [-0.39, 0.29) is 12.5 Å². The fourth-order valence-electron chi connectivity index (χ4n) is 2.64. The van der Waals surface area contributed by atoms with Crippen molar-refractivity contribution in [1.82, 2.24) is 4.98 Å². The number of thiazole rings is 1. The second kappa shape index (κ2) is 8.62. The summed E-state index contributed by atoms with van der Waals surface area (Å²) in [6.45, 7) is -0.131. The van der Waals surface area contributed by atoms with Crippen LogP contribution in [0.4, 0.5) is 5.13 Å². The third-order valence-electron chi connectivity index (χ3n) is 4.00. The third kappa shape index (κ3) is 4.83. The molecule has 1 aromatic heterocycles. The van der Waals surface area contributed by atoms with Gasteiger partial charge in [-0.2, -0.15) is 0 Å². The molecule has 0 bridgehead atoms. The Balaban J connectivity index is 1.35. The fourth-order valence-corrected chi connectivity index (χ4v) is 3.55. The summed E-state index contributed by atoms with van der Waals surface area (Å²) < 4.78 is 17.5. The second-order valence-electron chi connectivity index (χ2n) is 6.08. The number of carbonyl (C=O) groups is 1. The molecule has 29 heavy (non-hydrogen) atoms. The highest BCUT2D eigenvalue weighted by molar-refractivity contribution is 7.22. The maximum absolute atomic E-state index is 12.2. The van der Waals surface area contributed by atoms with E-state index in [1.165, 1.54) is 11.3 Å². The molecule has 1 heterocycles. The van der Waals surface area contributed by atoms with Gasteiger partial charge in [0.15, 0.2) is 11.7 Å². The van der Waals surface area contributed by atoms with Crippen LogP contribution in [-0.2, 0) is 4.79 Å². The Hall–Kier alpha value is -3.58. The van der Waals surface area contributed by atoms with Gasteiger partial charge in [0.25, 0.3) is 5.91 Å². The van der Waals surface area contributed by atoms with E-state index in [9.17, 15) is 4.79 Å².